The van der Waals surface area contributed by atoms with Gasteiger partial charge in [-0.2, -0.15) is 0 Å². The molecule has 1 aliphatic heterocycles. The summed E-state index contributed by atoms with van der Waals surface area (Å²) in [4.78, 5) is 0. The number of allylic oxidation sites excluding steroid dienone is 4. The smallest absolute Gasteiger partial charge is 0.282 e. The molecule has 0 aromatic heterocycles. The fraction of sp³-hybridized carbons (Fsp3) is 0.375. The first-order valence-corrected chi connectivity index (χ1v) is 8.35. The topological polar surface area (TPSA) is 26.3 Å². The zero-order valence-electron chi connectivity index (χ0n) is 11.6. The number of benzene rings is 1. The Labute approximate surface area is 114 Å². The van der Waals surface area contributed by atoms with Crippen molar-refractivity contribution in [3.05, 3.63) is 47.7 Å². The Balaban J connectivity index is 2.28. The first-order chi connectivity index (χ1) is 8.93. The lowest BCUT2D eigenvalue weighted by molar-refractivity contribution is 0.374. The molecule has 1 heterocycles. The van der Waals surface area contributed by atoms with Crippen LogP contribution >= 0.6 is 7.37 Å². The maximum atomic E-state index is 13.5. The van der Waals surface area contributed by atoms with Gasteiger partial charge in [0.1, 0.15) is 5.76 Å². The second-order valence-corrected chi connectivity index (χ2v) is 9.22. The van der Waals surface area contributed by atoms with Crippen LogP contribution in [0.25, 0.3) is 5.57 Å². The lowest BCUT2D eigenvalue weighted by Crippen LogP contribution is -2.30. The fourth-order valence-corrected chi connectivity index (χ4v) is 5.03. The minimum atomic E-state index is -2.87. The van der Waals surface area contributed by atoms with E-state index in [-0.39, 0.29) is 5.16 Å². The van der Waals surface area contributed by atoms with E-state index in [0.29, 0.717) is 0 Å². The summed E-state index contributed by atoms with van der Waals surface area (Å²) < 4.78 is 19.5. The van der Waals surface area contributed by atoms with Crippen molar-refractivity contribution < 1.29 is 9.09 Å². The highest BCUT2D eigenvalue weighted by atomic mass is 31.2. The van der Waals surface area contributed by atoms with Crippen LogP contribution in [-0.4, -0.2) is 5.16 Å². The number of hydrogen-bond donors (Lipinski definition) is 0. The van der Waals surface area contributed by atoms with Crippen LogP contribution in [0.5, 0.6) is 0 Å². The third-order valence-electron chi connectivity index (χ3n) is 3.76. The molecular formula is C16H19O2P. The summed E-state index contributed by atoms with van der Waals surface area (Å²) in [5, 5.41) is 0.482. The van der Waals surface area contributed by atoms with Crippen LogP contribution in [0.1, 0.15) is 39.2 Å². The highest BCUT2D eigenvalue weighted by Gasteiger charge is 2.46. The van der Waals surface area contributed by atoms with Crippen molar-refractivity contribution >= 4 is 18.2 Å². The predicted molar refractivity (Wildman–Crippen MR) is 79.8 cm³/mol. The molecule has 0 spiro atoms. The van der Waals surface area contributed by atoms with Gasteiger partial charge in [-0.25, -0.2) is 0 Å². The van der Waals surface area contributed by atoms with E-state index < -0.39 is 7.37 Å². The van der Waals surface area contributed by atoms with Crippen molar-refractivity contribution in [3.63, 3.8) is 0 Å². The zero-order valence-corrected chi connectivity index (χ0v) is 12.5. The number of fused-ring (bicyclic) bond motifs is 2. The molecule has 0 amide bonds. The van der Waals surface area contributed by atoms with E-state index in [1.807, 2.05) is 39.0 Å². The van der Waals surface area contributed by atoms with Gasteiger partial charge in [0, 0.05) is 12.0 Å². The average Bonchev–Trinajstić information content (AvgIpc) is 2.38. The van der Waals surface area contributed by atoms with Crippen LogP contribution in [0.2, 0.25) is 0 Å². The van der Waals surface area contributed by atoms with Gasteiger partial charge in [0.25, 0.3) is 7.37 Å². The van der Waals surface area contributed by atoms with Crippen LogP contribution in [0, 0.1) is 0 Å². The summed E-state index contributed by atoms with van der Waals surface area (Å²) in [6, 6.07) is 7.96. The first kappa shape index (κ1) is 12.7. The van der Waals surface area contributed by atoms with Crippen molar-refractivity contribution in [1.29, 1.82) is 0 Å². The summed E-state index contributed by atoms with van der Waals surface area (Å²) in [7, 11) is -2.87. The fourth-order valence-electron chi connectivity index (χ4n) is 2.64. The minimum Gasteiger partial charge on any atom is -0.443 e. The van der Waals surface area contributed by atoms with Crippen molar-refractivity contribution in [2.45, 2.75) is 38.8 Å². The molecule has 0 fully saturated rings. The third kappa shape index (κ3) is 1.81. The molecule has 3 rings (SSSR count). The summed E-state index contributed by atoms with van der Waals surface area (Å²) in [5.41, 5.74) is 2.19. The normalized spacial score (nSPS) is 25.6. The zero-order chi connectivity index (χ0) is 13.7. The molecule has 0 saturated carbocycles. The molecule has 3 heteroatoms. The van der Waals surface area contributed by atoms with Crippen LogP contribution < -0.4 is 5.30 Å². The third-order valence-corrected chi connectivity index (χ3v) is 7.02. The molecule has 1 atom stereocenters. The van der Waals surface area contributed by atoms with Gasteiger partial charge in [0.15, 0.2) is 0 Å². The molecule has 1 unspecified atom stereocenters. The summed E-state index contributed by atoms with van der Waals surface area (Å²) >= 11 is 0. The van der Waals surface area contributed by atoms with E-state index in [0.717, 1.165) is 35.0 Å². The maximum absolute atomic E-state index is 13.5. The molecular weight excluding hydrogens is 255 g/mol. The molecule has 0 radical (unpaired) electrons. The van der Waals surface area contributed by atoms with E-state index in [9.17, 15) is 4.57 Å². The van der Waals surface area contributed by atoms with Gasteiger partial charge in [-0.15, -0.1) is 0 Å². The molecule has 1 aromatic rings. The first-order valence-electron chi connectivity index (χ1n) is 6.73. The summed E-state index contributed by atoms with van der Waals surface area (Å²) in [6.45, 7) is 5.98. The van der Waals surface area contributed by atoms with Gasteiger partial charge in [0.2, 0.25) is 0 Å². The molecule has 2 aliphatic rings. The van der Waals surface area contributed by atoms with Crippen LogP contribution in [-0.2, 0) is 9.09 Å². The lowest BCUT2D eigenvalue weighted by atomic mass is 9.98. The van der Waals surface area contributed by atoms with Gasteiger partial charge < -0.3 is 4.52 Å². The second kappa shape index (κ2) is 4.11. The van der Waals surface area contributed by atoms with Gasteiger partial charge in [0.05, 0.1) is 10.5 Å². The minimum absolute atomic E-state index is 0.386. The van der Waals surface area contributed by atoms with Crippen LogP contribution in [0.3, 0.4) is 0 Å². The van der Waals surface area contributed by atoms with Crippen LogP contribution in [0.15, 0.2) is 42.2 Å². The number of hydrogen-bond acceptors (Lipinski definition) is 2. The standard InChI is InChI=1S/C16H19O2P/c1-16(2,3)19(17)15-11-7-5-9-13(15)12-8-4-6-10-14(12)18-19/h4-5,7-9,11H,6,10H2,1-3H3. The summed E-state index contributed by atoms with van der Waals surface area (Å²) in [5.74, 6) is 0.902. The Morgan fingerprint density at radius 3 is 2.68 bits per heavy atom. The van der Waals surface area contributed by atoms with Crippen molar-refractivity contribution in [2.75, 3.05) is 0 Å². The van der Waals surface area contributed by atoms with Gasteiger partial charge in [-0.05, 0) is 38.8 Å². The highest BCUT2D eigenvalue weighted by molar-refractivity contribution is 7.68. The Kier molecular flexibility index (Phi) is 2.76. The van der Waals surface area contributed by atoms with Gasteiger partial charge in [-0.3, -0.25) is 4.57 Å². The second-order valence-electron chi connectivity index (χ2n) is 6.11. The van der Waals surface area contributed by atoms with Crippen molar-refractivity contribution in [1.82, 2.24) is 0 Å². The molecule has 0 saturated heterocycles. The van der Waals surface area contributed by atoms with Gasteiger partial charge in [-0.1, -0.05) is 30.4 Å². The van der Waals surface area contributed by atoms with E-state index in [1.54, 1.807) is 0 Å². The van der Waals surface area contributed by atoms with E-state index >= 15 is 0 Å². The molecule has 2 nitrogen and oxygen atoms in total. The Morgan fingerprint density at radius 2 is 1.95 bits per heavy atom. The van der Waals surface area contributed by atoms with Crippen molar-refractivity contribution in [2.24, 2.45) is 0 Å². The molecule has 0 N–H and O–H groups in total. The molecule has 100 valence electrons. The Morgan fingerprint density at radius 1 is 1.21 bits per heavy atom. The molecule has 1 aromatic carbocycles. The number of rotatable bonds is 0. The summed E-state index contributed by atoms with van der Waals surface area (Å²) in [6.07, 6.45) is 6.07. The average molecular weight is 274 g/mol. The highest BCUT2D eigenvalue weighted by Crippen LogP contribution is 2.63. The van der Waals surface area contributed by atoms with E-state index in [1.165, 1.54) is 0 Å². The van der Waals surface area contributed by atoms with Crippen molar-refractivity contribution in [3.8, 4) is 0 Å². The molecule has 19 heavy (non-hydrogen) atoms. The SMILES string of the molecule is CC(C)(C)P1(=O)OC2=C(C=CCC2)c2ccccc21. The molecule has 0 bridgehead atoms. The van der Waals surface area contributed by atoms with Crippen LogP contribution in [0.4, 0.5) is 0 Å². The predicted octanol–water partition coefficient (Wildman–Crippen LogP) is 4.48. The maximum Gasteiger partial charge on any atom is 0.282 e. The monoisotopic (exact) mass is 274 g/mol. The Hall–Kier alpha value is -1.27. The van der Waals surface area contributed by atoms with E-state index in [4.69, 9.17) is 4.52 Å². The Bertz CT molecular complexity index is 632. The lowest BCUT2D eigenvalue weighted by Gasteiger charge is -2.38. The quantitative estimate of drug-likeness (QED) is 0.652. The largest absolute Gasteiger partial charge is 0.443 e. The van der Waals surface area contributed by atoms with E-state index in [2.05, 4.69) is 18.2 Å². The molecule has 1 aliphatic carbocycles. The van der Waals surface area contributed by atoms with Gasteiger partial charge >= 0.3 is 0 Å².